The van der Waals surface area contributed by atoms with E-state index in [4.69, 9.17) is 5.73 Å². The SMILES string of the molecule is Nc1cc([N+](=O)[O-])ccc1N(CCO)Cc1ccccc1. The fourth-order valence-corrected chi connectivity index (χ4v) is 2.15. The van der Waals surface area contributed by atoms with Crippen LogP contribution < -0.4 is 10.6 Å². The number of benzene rings is 2. The molecule has 0 spiro atoms. The summed E-state index contributed by atoms with van der Waals surface area (Å²) in [4.78, 5) is 12.2. The minimum atomic E-state index is -0.478. The smallest absolute Gasteiger partial charge is 0.271 e. The molecule has 0 aliphatic rings. The lowest BCUT2D eigenvalue weighted by Crippen LogP contribution is -2.26. The quantitative estimate of drug-likeness (QED) is 0.482. The summed E-state index contributed by atoms with van der Waals surface area (Å²) >= 11 is 0. The van der Waals surface area contributed by atoms with Crippen molar-refractivity contribution < 1.29 is 10.0 Å². The van der Waals surface area contributed by atoms with Crippen molar-refractivity contribution in [1.82, 2.24) is 0 Å². The van der Waals surface area contributed by atoms with E-state index in [1.807, 2.05) is 35.2 Å². The van der Waals surface area contributed by atoms with Crippen molar-refractivity contribution in [3.8, 4) is 0 Å². The number of aliphatic hydroxyl groups is 1. The van der Waals surface area contributed by atoms with Crippen LogP contribution in [0, 0.1) is 10.1 Å². The number of nitro benzene ring substituents is 1. The first-order valence-corrected chi connectivity index (χ1v) is 6.55. The van der Waals surface area contributed by atoms with Gasteiger partial charge in [0.05, 0.1) is 22.9 Å². The predicted octanol–water partition coefficient (Wildman–Crippen LogP) is 2.18. The van der Waals surface area contributed by atoms with Crippen molar-refractivity contribution in [2.24, 2.45) is 0 Å². The standard InChI is InChI=1S/C15H17N3O3/c16-14-10-13(18(20)21)6-7-15(14)17(8-9-19)11-12-4-2-1-3-5-12/h1-7,10,19H,8-9,11,16H2. The zero-order chi connectivity index (χ0) is 15.2. The van der Waals surface area contributed by atoms with Crippen LogP contribution in [0.2, 0.25) is 0 Å². The summed E-state index contributed by atoms with van der Waals surface area (Å²) < 4.78 is 0. The van der Waals surface area contributed by atoms with Gasteiger partial charge in [0.25, 0.3) is 5.69 Å². The Kier molecular flexibility index (Phi) is 4.73. The van der Waals surface area contributed by atoms with Crippen LogP contribution in [-0.4, -0.2) is 23.2 Å². The summed E-state index contributed by atoms with van der Waals surface area (Å²) in [6.45, 7) is 0.948. The molecule has 0 aromatic heterocycles. The van der Waals surface area contributed by atoms with Gasteiger partial charge in [-0.3, -0.25) is 10.1 Å². The van der Waals surface area contributed by atoms with E-state index in [2.05, 4.69) is 0 Å². The molecule has 0 aliphatic carbocycles. The van der Waals surface area contributed by atoms with Gasteiger partial charge in [0, 0.05) is 25.2 Å². The topological polar surface area (TPSA) is 92.6 Å². The highest BCUT2D eigenvalue weighted by molar-refractivity contribution is 5.70. The maximum atomic E-state index is 10.7. The first-order chi connectivity index (χ1) is 10.1. The predicted molar refractivity (Wildman–Crippen MR) is 82.1 cm³/mol. The average molecular weight is 287 g/mol. The molecule has 2 aromatic carbocycles. The van der Waals surface area contributed by atoms with Gasteiger partial charge in [0.15, 0.2) is 0 Å². The van der Waals surface area contributed by atoms with Crippen molar-refractivity contribution >= 4 is 17.1 Å². The maximum Gasteiger partial charge on any atom is 0.271 e. The molecule has 0 fully saturated rings. The molecule has 0 radical (unpaired) electrons. The second-order valence-electron chi connectivity index (χ2n) is 4.63. The number of hydrogen-bond acceptors (Lipinski definition) is 5. The number of nitrogen functional groups attached to an aromatic ring is 1. The molecule has 0 amide bonds. The summed E-state index contributed by atoms with van der Waals surface area (Å²) in [5.74, 6) is 0. The monoisotopic (exact) mass is 287 g/mol. The summed E-state index contributed by atoms with van der Waals surface area (Å²) in [7, 11) is 0. The molecule has 0 heterocycles. The molecular weight excluding hydrogens is 270 g/mol. The summed E-state index contributed by atoms with van der Waals surface area (Å²) in [5, 5.41) is 20.0. The normalized spacial score (nSPS) is 10.3. The van der Waals surface area contributed by atoms with E-state index in [0.717, 1.165) is 5.56 Å². The van der Waals surface area contributed by atoms with Crippen molar-refractivity contribution in [1.29, 1.82) is 0 Å². The number of nitro groups is 1. The molecule has 2 rings (SSSR count). The van der Waals surface area contributed by atoms with Gasteiger partial charge in [0.2, 0.25) is 0 Å². The summed E-state index contributed by atoms with van der Waals surface area (Å²) in [5.41, 5.74) is 7.95. The van der Waals surface area contributed by atoms with E-state index in [1.165, 1.54) is 12.1 Å². The van der Waals surface area contributed by atoms with Crippen LogP contribution in [0.4, 0.5) is 17.1 Å². The van der Waals surface area contributed by atoms with Crippen molar-refractivity contribution in [2.45, 2.75) is 6.54 Å². The molecule has 6 nitrogen and oxygen atoms in total. The van der Waals surface area contributed by atoms with Crippen molar-refractivity contribution in [3.05, 3.63) is 64.2 Å². The lowest BCUT2D eigenvalue weighted by atomic mass is 10.1. The van der Waals surface area contributed by atoms with E-state index < -0.39 is 4.92 Å². The second-order valence-corrected chi connectivity index (χ2v) is 4.63. The summed E-state index contributed by atoms with van der Waals surface area (Å²) in [6.07, 6.45) is 0. The number of hydrogen-bond donors (Lipinski definition) is 2. The fourth-order valence-electron chi connectivity index (χ4n) is 2.15. The zero-order valence-electron chi connectivity index (χ0n) is 11.5. The molecule has 0 aliphatic heterocycles. The van der Waals surface area contributed by atoms with Crippen LogP contribution in [0.3, 0.4) is 0 Å². The van der Waals surface area contributed by atoms with E-state index in [1.54, 1.807) is 6.07 Å². The third kappa shape index (κ3) is 3.70. The van der Waals surface area contributed by atoms with Crippen LogP contribution in [0.25, 0.3) is 0 Å². The lowest BCUT2D eigenvalue weighted by molar-refractivity contribution is -0.384. The molecule has 0 saturated carbocycles. The third-order valence-corrected chi connectivity index (χ3v) is 3.15. The Morgan fingerprint density at radius 1 is 1.19 bits per heavy atom. The largest absolute Gasteiger partial charge is 0.397 e. The molecule has 0 unspecified atom stereocenters. The van der Waals surface area contributed by atoms with Gasteiger partial charge in [-0.1, -0.05) is 30.3 Å². The Morgan fingerprint density at radius 3 is 2.48 bits per heavy atom. The number of aliphatic hydroxyl groups excluding tert-OH is 1. The molecule has 6 heteroatoms. The second kappa shape index (κ2) is 6.71. The number of nitrogens with zero attached hydrogens (tertiary/aromatic N) is 2. The molecular formula is C15H17N3O3. The Balaban J connectivity index is 2.27. The number of rotatable bonds is 6. The highest BCUT2D eigenvalue weighted by Crippen LogP contribution is 2.28. The molecule has 0 saturated heterocycles. The van der Waals surface area contributed by atoms with Crippen LogP contribution in [0.5, 0.6) is 0 Å². The Labute approximate surface area is 122 Å². The zero-order valence-corrected chi connectivity index (χ0v) is 11.5. The van der Waals surface area contributed by atoms with Crippen LogP contribution in [0.15, 0.2) is 48.5 Å². The van der Waals surface area contributed by atoms with Gasteiger partial charge in [0.1, 0.15) is 0 Å². The Bertz CT molecular complexity index is 617. The molecule has 0 bridgehead atoms. The average Bonchev–Trinajstić information content (AvgIpc) is 2.48. The summed E-state index contributed by atoms with van der Waals surface area (Å²) in [6, 6.07) is 14.1. The first-order valence-electron chi connectivity index (χ1n) is 6.55. The molecule has 2 aromatic rings. The van der Waals surface area contributed by atoms with Crippen LogP contribution >= 0.6 is 0 Å². The van der Waals surface area contributed by atoms with Gasteiger partial charge in [-0.15, -0.1) is 0 Å². The van der Waals surface area contributed by atoms with Gasteiger partial charge in [-0.05, 0) is 11.6 Å². The molecule has 21 heavy (non-hydrogen) atoms. The minimum Gasteiger partial charge on any atom is -0.397 e. The maximum absolute atomic E-state index is 10.7. The van der Waals surface area contributed by atoms with Crippen LogP contribution in [-0.2, 0) is 6.54 Å². The van der Waals surface area contributed by atoms with Gasteiger partial charge < -0.3 is 15.7 Å². The highest BCUT2D eigenvalue weighted by Gasteiger charge is 2.14. The van der Waals surface area contributed by atoms with Crippen LogP contribution in [0.1, 0.15) is 5.56 Å². The van der Waals surface area contributed by atoms with Gasteiger partial charge in [-0.2, -0.15) is 0 Å². The highest BCUT2D eigenvalue weighted by atomic mass is 16.6. The van der Waals surface area contributed by atoms with Gasteiger partial charge in [-0.25, -0.2) is 0 Å². The molecule has 110 valence electrons. The third-order valence-electron chi connectivity index (χ3n) is 3.15. The van der Waals surface area contributed by atoms with E-state index >= 15 is 0 Å². The Morgan fingerprint density at radius 2 is 1.90 bits per heavy atom. The number of non-ortho nitro benzene ring substituents is 1. The molecule has 3 N–H and O–H groups in total. The minimum absolute atomic E-state index is 0.0245. The Hall–Kier alpha value is -2.60. The molecule has 0 atom stereocenters. The van der Waals surface area contributed by atoms with Crippen molar-refractivity contribution in [3.63, 3.8) is 0 Å². The number of nitrogens with two attached hydrogens (primary N) is 1. The van der Waals surface area contributed by atoms with E-state index in [-0.39, 0.29) is 12.3 Å². The van der Waals surface area contributed by atoms with Gasteiger partial charge >= 0.3 is 0 Å². The lowest BCUT2D eigenvalue weighted by Gasteiger charge is -2.25. The van der Waals surface area contributed by atoms with Crippen molar-refractivity contribution in [2.75, 3.05) is 23.8 Å². The fraction of sp³-hybridized carbons (Fsp3) is 0.200. The number of anilines is 2. The first kappa shape index (κ1) is 14.8. The van der Waals surface area contributed by atoms with E-state index in [0.29, 0.717) is 24.5 Å². The van der Waals surface area contributed by atoms with E-state index in [9.17, 15) is 15.2 Å².